The van der Waals surface area contributed by atoms with E-state index in [1.54, 1.807) is 0 Å². The second-order valence-corrected chi connectivity index (χ2v) is 7.14. The molecule has 0 radical (unpaired) electrons. The van der Waals surface area contributed by atoms with Crippen molar-refractivity contribution in [2.45, 2.75) is 79.7 Å². The highest BCUT2D eigenvalue weighted by atomic mass is 16.2. The summed E-state index contributed by atoms with van der Waals surface area (Å²) in [5, 5.41) is 2.73. The fourth-order valence-electron chi connectivity index (χ4n) is 1.83. The van der Waals surface area contributed by atoms with Gasteiger partial charge in [-0.2, -0.15) is 0 Å². The fraction of sp³-hybridized carbons (Fsp3) is 0.810. The Bertz CT molecular complexity index is 449. The van der Waals surface area contributed by atoms with Crippen molar-refractivity contribution in [2.24, 2.45) is 0 Å². The summed E-state index contributed by atoms with van der Waals surface area (Å²) >= 11 is 0. The van der Waals surface area contributed by atoms with Crippen LogP contribution in [0, 0.1) is 0 Å². The second kappa shape index (κ2) is 20.0. The highest BCUT2D eigenvalue weighted by Gasteiger charge is 2.27. The molecule has 0 saturated heterocycles. The Kier molecular flexibility index (Phi) is 22.1. The van der Waals surface area contributed by atoms with Crippen LogP contribution >= 0.6 is 0 Å². The van der Waals surface area contributed by atoms with Crippen LogP contribution in [-0.2, 0) is 19.2 Å². The van der Waals surface area contributed by atoms with E-state index in [9.17, 15) is 19.2 Å². The van der Waals surface area contributed by atoms with E-state index in [4.69, 9.17) is 0 Å². The van der Waals surface area contributed by atoms with Gasteiger partial charge in [-0.1, -0.05) is 40.5 Å². The van der Waals surface area contributed by atoms with Crippen molar-refractivity contribution in [1.82, 2.24) is 15.1 Å². The van der Waals surface area contributed by atoms with E-state index in [0.717, 1.165) is 0 Å². The van der Waals surface area contributed by atoms with Crippen molar-refractivity contribution >= 4 is 23.4 Å². The largest absolute Gasteiger partial charge is 0.353 e. The number of hydrogen-bond acceptors (Lipinski definition) is 5. The van der Waals surface area contributed by atoms with Gasteiger partial charge in [0, 0.05) is 39.4 Å². The van der Waals surface area contributed by atoms with Crippen molar-refractivity contribution in [2.75, 3.05) is 34.2 Å². The van der Waals surface area contributed by atoms with Crippen molar-refractivity contribution in [1.29, 1.82) is 0 Å². The lowest BCUT2D eigenvalue weighted by Gasteiger charge is -2.27. The summed E-state index contributed by atoms with van der Waals surface area (Å²) in [5.74, 6) is -0.917. The predicted octanol–water partition coefficient (Wildman–Crippen LogP) is 2.67. The van der Waals surface area contributed by atoms with Gasteiger partial charge in [0.25, 0.3) is 0 Å². The zero-order valence-electron chi connectivity index (χ0n) is 19.6. The Morgan fingerprint density at radius 1 is 0.821 bits per heavy atom. The molecule has 1 atom stereocenters. The normalized spacial score (nSPS) is 10.6. The zero-order chi connectivity index (χ0) is 22.7. The van der Waals surface area contributed by atoms with Crippen molar-refractivity contribution in [3.8, 4) is 0 Å². The number of hydrogen-bond donors (Lipinski definition) is 1. The third-order valence-corrected chi connectivity index (χ3v) is 3.19. The molecule has 0 spiro atoms. The lowest BCUT2D eigenvalue weighted by atomic mass is 10.1. The molecule has 2 amide bonds. The van der Waals surface area contributed by atoms with Gasteiger partial charge in [0.15, 0.2) is 0 Å². The molecular weight excluding hydrogens is 358 g/mol. The van der Waals surface area contributed by atoms with Crippen molar-refractivity contribution in [3.63, 3.8) is 0 Å². The molecule has 1 unspecified atom stereocenters. The number of carbonyl (C=O) groups is 4. The molecule has 0 heterocycles. The van der Waals surface area contributed by atoms with Crippen LogP contribution in [0.3, 0.4) is 0 Å². The van der Waals surface area contributed by atoms with Crippen molar-refractivity contribution in [3.05, 3.63) is 0 Å². The lowest BCUT2D eigenvalue weighted by Crippen LogP contribution is -2.49. The molecule has 166 valence electrons. The topological polar surface area (TPSA) is 86.8 Å². The van der Waals surface area contributed by atoms with Gasteiger partial charge in [-0.25, -0.2) is 0 Å². The summed E-state index contributed by atoms with van der Waals surface area (Å²) < 4.78 is 0. The Labute approximate surface area is 172 Å². The molecule has 0 aromatic rings. The highest BCUT2D eigenvalue weighted by molar-refractivity contribution is 5.92. The minimum absolute atomic E-state index is 0.0316. The van der Waals surface area contributed by atoms with Crippen LogP contribution in [0.5, 0.6) is 0 Å². The molecule has 28 heavy (non-hydrogen) atoms. The molecule has 0 saturated carbocycles. The number of amides is 2. The van der Waals surface area contributed by atoms with Crippen LogP contribution in [0.1, 0.15) is 73.6 Å². The van der Waals surface area contributed by atoms with Crippen LogP contribution in [0.2, 0.25) is 0 Å². The lowest BCUT2D eigenvalue weighted by molar-refractivity contribution is -0.141. The Hall–Kier alpha value is -1.76. The summed E-state index contributed by atoms with van der Waals surface area (Å²) in [6.45, 7) is 12.4. The van der Waals surface area contributed by atoms with E-state index >= 15 is 0 Å². The van der Waals surface area contributed by atoms with Gasteiger partial charge in [0.2, 0.25) is 11.8 Å². The van der Waals surface area contributed by atoms with E-state index in [0.29, 0.717) is 13.1 Å². The summed E-state index contributed by atoms with van der Waals surface area (Å²) in [4.78, 5) is 49.7. The second-order valence-electron chi connectivity index (χ2n) is 7.14. The quantitative estimate of drug-likeness (QED) is 0.608. The van der Waals surface area contributed by atoms with E-state index in [2.05, 4.69) is 33.0 Å². The third kappa shape index (κ3) is 20.6. The van der Waals surface area contributed by atoms with Gasteiger partial charge in [-0.05, 0) is 27.9 Å². The van der Waals surface area contributed by atoms with E-state index < -0.39 is 6.04 Å². The number of likely N-dealkylation sites (N-methyl/N-ethyl adjacent to an activating group) is 2. The van der Waals surface area contributed by atoms with Crippen LogP contribution < -0.4 is 5.32 Å². The Morgan fingerprint density at radius 2 is 1.29 bits per heavy atom. The molecule has 0 aromatic heterocycles. The number of Topliss-reactive ketones (excluding diaryl/α,β-unsaturated/α-hetero) is 2. The van der Waals surface area contributed by atoms with Crippen LogP contribution in [0.15, 0.2) is 0 Å². The molecule has 0 bridgehead atoms. The van der Waals surface area contributed by atoms with E-state index in [-0.39, 0.29) is 42.6 Å². The summed E-state index contributed by atoms with van der Waals surface area (Å²) in [6.07, 6.45) is 2.65. The monoisotopic (exact) mass is 401 g/mol. The first-order valence-electron chi connectivity index (χ1n) is 10.1. The maximum absolute atomic E-state index is 12.2. The number of nitrogens with zero attached hydrogens (tertiary/aromatic N) is 2. The number of carbonyl (C=O) groups excluding carboxylic acids is 4. The molecule has 0 rings (SSSR count). The number of ketones is 2. The van der Waals surface area contributed by atoms with Gasteiger partial charge in [-0.15, -0.1) is 0 Å². The van der Waals surface area contributed by atoms with Crippen LogP contribution in [0.25, 0.3) is 0 Å². The average molecular weight is 402 g/mol. The molecule has 7 nitrogen and oxygen atoms in total. The highest BCUT2D eigenvalue weighted by Crippen LogP contribution is 2.07. The van der Waals surface area contributed by atoms with Gasteiger partial charge in [0.05, 0.1) is 0 Å². The molecule has 1 N–H and O–H groups in total. The smallest absolute Gasteiger partial charge is 0.243 e. The SMILES string of the molecule is CC(=O)CCC(=O)N(C)C(CC(C)=O)C(=O)NCCN(C)C.CCC.CCC. The van der Waals surface area contributed by atoms with Crippen LogP contribution in [0.4, 0.5) is 0 Å². The molecular formula is C21H43N3O4. The van der Waals surface area contributed by atoms with Gasteiger partial charge < -0.3 is 19.9 Å². The standard InChI is InChI=1S/C15H27N3O4.2C3H8/c1-11(19)6-7-14(21)18(5)13(10-12(2)20)15(22)16-8-9-17(3)4;2*1-3-2/h13H,6-10H2,1-5H3,(H,16,22);2*3H2,1-2H3. The number of rotatable bonds is 10. The first-order chi connectivity index (χ1) is 13.0. The molecule has 0 fully saturated rings. The first-order valence-corrected chi connectivity index (χ1v) is 10.1. The molecule has 7 heteroatoms. The first kappa shape index (κ1) is 31.0. The molecule has 0 aliphatic carbocycles. The van der Waals surface area contributed by atoms with Gasteiger partial charge >= 0.3 is 0 Å². The molecule has 0 aliphatic heterocycles. The maximum atomic E-state index is 12.2. The minimum Gasteiger partial charge on any atom is -0.353 e. The Balaban J connectivity index is -0.000000915. The minimum atomic E-state index is -0.834. The summed E-state index contributed by atoms with van der Waals surface area (Å²) in [7, 11) is 5.26. The van der Waals surface area contributed by atoms with Gasteiger partial charge in [0.1, 0.15) is 17.6 Å². The maximum Gasteiger partial charge on any atom is 0.243 e. The predicted molar refractivity (Wildman–Crippen MR) is 115 cm³/mol. The third-order valence-electron chi connectivity index (χ3n) is 3.19. The number of nitrogens with one attached hydrogen (secondary N) is 1. The summed E-state index contributed by atoms with van der Waals surface area (Å²) in [6, 6.07) is -0.834. The molecule has 0 aliphatic rings. The fourth-order valence-corrected chi connectivity index (χ4v) is 1.83. The Morgan fingerprint density at radius 3 is 1.64 bits per heavy atom. The van der Waals surface area contributed by atoms with Crippen molar-refractivity contribution < 1.29 is 19.2 Å². The van der Waals surface area contributed by atoms with Crippen LogP contribution in [-0.4, -0.2) is 73.5 Å². The zero-order valence-corrected chi connectivity index (χ0v) is 19.6. The van der Waals surface area contributed by atoms with E-state index in [1.807, 2.05) is 19.0 Å². The van der Waals surface area contributed by atoms with Gasteiger partial charge in [-0.3, -0.25) is 14.4 Å². The average Bonchev–Trinajstić information content (AvgIpc) is 2.57. The van der Waals surface area contributed by atoms with E-state index in [1.165, 1.54) is 38.6 Å². The molecule has 0 aromatic carbocycles. The summed E-state index contributed by atoms with van der Waals surface area (Å²) in [5.41, 5.74) is 0.